The minimum atomic E-state index is -0.000449. The fraction of sp³-hybridized carbons (Fsp3) is 0.273. The number of aliphatic hydroxyl groups is 1. The van der Waals surface area contributed by atoms with Crippen LogP contribution in [0.4, 0.5) is 0 Å². The number of pyridine rings is 1. The molecule has 0 radical (unpaired) electrons. The van der Waals surface area contributed by atoms with Crippen molar-refractivity contribution in [2.75, 3.05) is 0 Å². The van der Waals surface area contributed by atoms with Crippen LogP contribution in [0.25, 0.3) is 10.6 Å². The van der Waals surface area contributed by atoms with Gasteiger partial charge in [0.1, 0.15) is 5.01 Å². The van der Waals surface area contributed by atoms with E-state index >= 15 is 0 Å². The molecule has 0 saturated carbocycles. The van der Waals surface area contributed by atoms with Crippen molar-refractivity contribution in [1.82, 2.24) is 9.97 Å². The van der Waals surface area contributed by atoms with Gasteiger partial charge in [-0.3, -0.25) is 4.98 Å². The molecule has 0 bridgehead atoms. The van der Waals surface area contributed by atoms with Crippen molar-refractivity contribution in [2.24, 2.45) is 0 Å². The highest BCUT2D eigenvalue weighted by Crippen LogP contribution is 2.24. The van der Waals surface area contributed by atoms with Gasteiger partial charge in [-0.15, -0.1) is 11.3 Å². The molecule has 0 spiro atoms. The zero-order valence-electron chi connectivity index (χ0n) is 8.69. The standard InChI is InChI=1S/C11H12N2OS/c1-7-3-9(4-8(2)12-7)11-13-10(5-14)6-15-11/h3-4,6,14H,5H2,1-2H3. The molecule has 0 aliphatic heterocycles. The Bertz CT molecular complexity index is 459. The van der Waals surface area contributed by atoms with Gasteiger partial charge in [0.05, 0.1) is 12.3 Å². The van der Waals surface area contributed by atoms with Gasteiger partial charge in [-0.2, -0.15) is 0 Å². The molecule has 0 fully saturated rings. The maximum atomic E-state index is 8.94. The molecule has 2 aromatic heterocycles. The van der Waals surface area contributed by atoms with Gasteiger partial charge in [-0.1, -0.05) is 0 Å². The lowest BCUT2D eigenvalue weighted by atomic mass is 10.2. The fourth-order valence-electron chi connectivity index (χ4n) is 1.47. The fourth-order valence-corrected chi connectivity index (χ4v) is 2.27. The van der Waals surface area contributed by atoms with Crippen molar-refractivity contribution in [3.63, 3.8) is 0 Å². The second kappa shape index (κ2) is 4.08. The average molecular weight is 220 g/mol. The summed E-state index contributed by atoms with van der Waals surface area (Å²) in [7, 11) is 0. The summed E-state index contributed by atoms with van der Waals surface area (Å²) in [4.78, 5) is 8.64. The molecule has 0 unspecified atom stereocenters. The largest absolute Gasteiger partial charge is 0.390 e. The van der Waals surface area contributed by atoms with Crippen molar-refractivity contribution in [3.05, 3.63) is 34.6 Å². The van der Waals surface area contributed by atoms with Crippen LogP contribution in [0.5, 0.6) is 0 Å². The first-order valence-electron chi connectivity index (χ1n) is 4.70. The normalized spacial score (nSPS) is 10.6. The molecule has 2 aromatic rings. The zero-order chi connectivity index (χ0) is 10.8. The number of rotatable bonds is 2. The van der Waals surface area contributed by atoms with Crippen LogP contribution in [-0.2, 0) is 6.61 Å². The van der Waals surface area contributed by atoms with Gasteiger partial charge in [0.15, 0.2) is 0 Å². The van der Waals surface area contributed by atoms with E-state index in [0.29, 0.717) is 0 Å². The van der Waals surface area contributed by atoms with Crippen LogP contribution in [-0.4, -0.2) is 15.1 Å². The first-order valence-corrected chi connectivity index (χ1v) is 5.58. The maximum Gasteiger partial charge on any atom is 0.123 e. The van der Waals surface area contributed by atoms with E-state index in [1.165, 1.54) is 0 Å². The quantitative estimate of drug-likeness (QED) is 0.844. The Kier molecular flexibility index (Phi) is 2.79. The van der Waals surface area contributed by atoms with Gasteiger partial charge in [-0.25, -0.2) is 4.98 Å². The van der Waals surface area contributed by atoms with Crippen LogP contribution >= 0.6 is 11.3 Å². The monoisotopic (exact) mass is 220 g/mol. The zero-order valence-corrected chi connectivity index (χ0v) is 9.51. The van der Waals surface area contributed by atoms with Gasteiger partial charge < -0.3 is 5.11 Å². The molecule has 0 saturated heterocycles. The predicted molar refractivity (Wildman–Crippen MR) is 60.7 cm³/mol. The lowest BCUT2D eigenvalue weighted by Crippen LogP contribution is -1.88. The Labute approximate surface area is 92.5 Å². The molecule has 2 rings (SSSR count). The average Bonchev–Trinajstić information content (AvgIpc) is 2.64. The Balaban J connectivity index is 2.44. The Hall–Kier alpha value is -1.26. The molecule has 2 heterocycles. The summed E-state index contributed by atoms with van der Waals surface area (Å²) < 4.78 is 0. The Morgan fingerprint density at radius 2 is 1.87 bits per heavy atom. The van der Waals surface area contributed by atoms with Crippen LogP contribution in [0, 0.1) is 13.8 Å². The van der Waals surface area contributed by atoms with Crippen molar-refractivity contribution in [1.29, 1.82) is 0 Å². The molecule has 4 heteroatoms. The highest BCUT2D eigenvalue weighted by atomic mass is 32.1. The number of hydrogen-bond acceptors (Lipinski definition) is 4. The highest BCUT2D eigenvalue weighted by molar-refractivity contribution is 7.13. The summed E-state index contributed by atoms with van der Waals surface area (Å²) in [5, 5.41) is 11.8. The van der Waals surface area contributed by atoms with Gasteiger partial charge in [0, 0.05) is 22.3 Å². The third-order valence-corrected chi connectivity index (χ3v) is 2.98. The predicted octanol–water partition coefficient (Wildman–Crippen LogP) is 2.31. The number of thiazole rings is 1. The molecule has 78 valence electrons. The summed E-state index contributed by atoms with van der Waals surface area (Å²) in [5.41, 5.74) is 3.78. The minimum absolute atomic E-state index is 0.000449. The van der Waals surface area contributed by atoms with Gasteiger partial charge >= 0.3 is 0 Å². The molecule has 1 N–H and O–H groups in total. The molecule has 15 heavy (non-hydrogen) atoms. The van der Waals surface area contributed by atoms with Crippen LogP contribution in [0.15, 0.2) is 17.5 Å². The summed E-state index contributed by atoms with van der Waals surface area (Å²) in [6.07, 6.45) is 0. The molecule has 0 aromatic carbocycles. The molecule has 0 aliphatic carbocycles. The first kappa shape index (κ1) is 10.3. The number of aryl methyl sites for hydroxylation is 2. The van der Waals surface area contributed by atoms with E-state index in [1.807, 2.05) is 31.4 Å². The SMILES string of the molecule is Cc1cc(-c2nc(CO)cs2)cc(C)n1. The van der Waals surface area contributed by atoms with E-state index in [-0.39, 0.29) is 6.61 Å². The third kappa shape index (κ3) is 2.22. The smallest absolute Gasteiger partial charge is 0.123 e. The summed E-state index contributed by atoms with van der Waals surface area (Å²) in [5.74, 6) is 0. The van der Waals surface area contributed by atoms with Gasteiger partial charge in [-0.05, 0) is 26.0 Å². The van der Waals surface area contributed by atoms with E-state index in [2.05, 4.69) is 9.97 Å². The number of nitrogens with zero attached hydrogens (tertiary/aromatic N) is 2. The Morgan fingerprint density at radius 3 is 2.40 bits per heavy atom. The number of aliphatic hydroxyl groups excluding tert-OH is 1. The highest BCUT2D eigenvalue weighted by Gasteiger charge is 2.05. The molecule has 0 aliphatic rings. The van der Waals surface area contributed by atoms with E-state index in [1.54, 1.807) is 11.3 Å². The van der Waals surface area contributed by atoms with E-state index in [0.717, 1.165) is 27.7 Å². The number of aromatic nitrogens is 2. The van der Waals surface area contributed by atoms with Crippen molar-refractivity contribution in [3.8, 4) is 10.6 Å². The minimum Gasteiger partial charge on any atom is -0.390 e. The second-order valence-electron chi connectivity index (χ2n) is 3.44. The van der Waals surface area contributed by atoms with Crippen molar-refractivity contribution < 1.29 is 5.11 Å². The summed E-state index contributed by atoms with van der Waals surface area (Å²) >= 11 is 1.55. The molecule has 3 nitrogen and oxygen atoms in total. The van der Waals surface area contributed by atoms with Crippen molar-refractivity contribution in [2.45, 2.75) is 20.5 Å². The second-order valence-corrected chi connectivity index (χ2v) is 4.30. The van der Waals surface area contributed by atoms with E-state index < -0.39 is 0 Å². The maximum absolute atomic E-state index is 8.94. The van der Waals surface area contributed by atoms with Crippen LogP contribution in [0.1, 0.15) is 17.1 Å². The van der Waals surface area contributed by atoms with Crippen LogP contribution in [0.2, 0.25) is 0 Å². The molecule has 0 atom stereocenters. The third-order valence-electron chi connectivity index (χ3n) is 2.04. The van der Waals surface area contributed by atoms with Crippen LogP contribution < -0.4 is 0 Å². The topological polar surface area (TPSA) is 46.0 Å². The summed E-state index contributed by atoms with van der Waals surface area (Å²) in [6.45, 7) is 3.94. The first-order chi connectivity index (χ1) is 7.19. The van der Waals surface area contributed by atoms with E-state index in [9.17, 15) is 0 Å². The van der Waals surface area contributed by atoms with Gasteiger partial charge in [0.25, 0.3) is 0 Å². The van der Waals surface area contributed by atoms with Crippen LogP contribution in [0.3, 0.4) is 0 Å². The number of hydrogen-bond donors (Lipinski definition) is 1. The molecular formula is C11H12N2OS. The molecular weight excluding hydrogens is 208 g/mol. The molecule has 0 amide bonds. The van der Waals surface area contributed by atoms with Gasteiger partial charge in [0.2, 0.25) is 0 Å². The lowest BCUT2D eigenvalue weighted by Gasteiger charge is -2.00. The summed E-state index contributed by atoms with van der Waals surface area (Å²) in [6, 6.07) is 4.01. The Morgan fingerprint density at radius 1 is 1.20 bits per heavy atom. The lowest BCUT2D eigenvalue weighted by molar-refractivity contribution is 0.278. The van der Waals surface area contributed by atoms with E-state index in [4.69, 9.17) is 5.11 Å². The van der Waals surface area contributed by atoms with Crippen molar-refractivity contribution >= 4 is 11.3 Å².